The van der Waals surface area contributed by atoms with Crippen LogP contribution in [0, 0.1) is 0 Å². The Bertz CT molecular complexity index is 490. The van der Waals surface area contributed by atoms with Gasteiger partial charge in [-0.25, -0.2) is 0 Å². The molecule has 2 heterocycles. The molecular formula is C16H24N2O4. The number of nitrogens with zero attached hydrogens (tertiary/aromatic N) is 2. The van der Waals surface area contributed by atoms with Gasteiger partial charge in [0.05, 0.1) is 36.7 Å². The van der Waals surface area contributed by atoms with Gasteiger partial charge in [-0.1, -0.05) is 0 Å². The molecule has 0 radical (unpaired) electrons. The number of phenols is 2. The number of hydrogen-bond donors (Lipinski definition) is 4. The molecular weight excluding hydrogens is 284 g/mol. The zero-order valence-corrected chi connectivity index (χ0v) is 12.6. The molecule has 3 rings (SSSR count). The van der Waals surface area contributed by atoms with E-state index < -0.39 is 0 Å². The van der Waals surface area contributed by atoms with E-state index in [2.05, 4.69) is 0 Å². The first-order valence-corrected chi connectivity index (χ1v) is 7.97. The molecule has 2 aliphatic rings. The van der Waals surface area contributed by atoms with Gasteiger partial charge >= 0.3 is 0 Å². The lowest BCUT2D eigenvalue weighted by Crippen LogP contribution is -2.33. The summed E-state index contributed by atoms with van der Waals surface area (Å²) in [7, 11) is 0. The van der Waals surface area contributed by atoms with Crippen LogP contribution in [-0.4, -0.2) is 58.8 Å². The highest BCUT2D eigenvalue weighted by molar-refractivity contribution is 5.75. The Labute approximate surface area is 130 Å². The smallest absolute Gasteiger partial charge is 0.183 e. The summed E-state index contributed by atoms with van der Waals surface area (Å²) >= 11 is 0. The van der Waals surface area contributed by atoms with Crippen molar-refractivity contribution < 1.29 is 20.4 Å². The summed E-state index contributed by atoms with van der Waals surface area (Å²) in [6.07, 6.45) is 3.70. The van der Waals surface area contributed by atoms with Crippen LogP contribution in [0.3, 0.4) is 0 Å². The maximum atomic E-state index is 10.4. The molecule has 122 valence electrons. The number of hydrogen-bond acceptors (Lipinski definition) is 6. The highest BCUT2D eigenvalue weighted by Gasteiger charge is 2.31. The third-order valence-corrected chi connectivity index (χ3v) is 4.90. The molecule has 0 bridgehead atoms. The van der Waals surface area contributed by atoms with Gasteiger partial charge in [0.15, 0.2) is 11.5 Å². The van der Waals surface area contributed by atoms with Crippen LogP contribution < -0.4 is 9.80 Å². The topological polar surface area (TPSA) is 87.4 Å². The fourth-order valence-corrected chi connectivity index (χ4v) is 3.71. The van der Waals surface area contributed by atoms with Crippen LogP contribution in [0.4, 0.5) is 11.4 Å². The van der Waals surface area contributed by atoms with Crippen LogP contribution in [-0.2, 0) is 0 Å². The maximum absolute atomic E-state index is 10.4. The molecule has 22 heavy (non-hydrogen) atoms. The molecule has 6 heteroatoms. The van der Waals surface area contributed by atoms with E-state index in [0.717, 1.165) is 38.8 Å². The predicted molar refractivity (Wildman–Crippen MR) is 84.7 cm³/mol. The average molecular weight is 308 g/mol. The fourth-order valence-electron chi connectivity index (χ4n) is 3.71. The van der Waals surface area contributed by atoms with E-state index in [-0.39, 0.29) is 36.8 Å². The first-order valence-electron chi connectivity index (χ1n) is 7.97. The lowest BCUT2D eigenvalue weighted by molar-refractivity contribution is 0.265. The van der Waals surface area contributed by atoms with Gasteiger partial charge in [-0.15, -0.1) is 0 Å². The van der Waals surface area contributed by atoms with E-state index in [0.29, 0.717) is 11.4 Å². The van der Waals surface area contributed by atoms with E-state index in [1.165, 1.54) is 0 Å². The Balaban J connectivity index is 1.91. The van der Waals surface area contributed by atoms with Crippen molar-refractivity contribution in [1.82, 2.24) is 0 Å². The number of anilines is 2. The van der Waals surface area contributed by atoms with E-state index in [4.69, 9.17) is 0 Å². The van der Waals surface area contributed by atoms with Gasteiger partial charge in [0, 0.05) is 13.1 Å². The zero-order chi connectivity index (χ0) is 15.7. The summed E-state index contributed by atoms with van der Waals surface area (Å²) < 4.78 is 0. The first kappa shape index (κ1) is 15.2. The van der Waals surface area contributed by atoms with E-state index >= 15 is 0 Å². The number of benzene rings is 1. The number of aliphatic hydroxyl groups is 2. The van der Waals surface area contributed by atoms with Crippen LogP contribution in [0.15, 0.2) is 12.1 Å². The second-order valence-electron chi connectivity index (χ2n) is 6.15. The van der Waals surface area contributed by atoms with Crippen LogP contribution in [0.5, 0.6) is 11.5 Å². The summed E-state index contributed by atoms with van der Waals surface area (Å²) in [5.41, 5.74) is 1.13. The number of aromatic hydroxyl groups is 2. The Morgan fingerprint density at radius 2 is 1.23 bits per heavy atom. The zero-order valence-electron chi connectivity index (χ0n) is 12.6. The summed E-state index contributed by atoms with van der Waals surface area (Å²) in [4.78, 5) is 3.90. The SMILES string of the molecule is OC[C@@H]1CCCN1c1ccc(N2CCC[C@H]2CO)c(O)c1O. The second kappa shape index (κ2) is 6.22. The quantitative estimate of drug-likeness (QED) is 0.621. The summed E-state index contributed by atoms with van der Waals surface area (Å²) in [6.45, 7) is 1.61. The van der Waals surface area contributed by atoms with E-state index in [1.807, 2.05) is 9.80 Å². The molecule has 2 atom stereocenters. The minimum atomic E-state index is -0.138. The van der Waals surface area contributed by atoms with E-state index in [9.17, 15) is 20.4 Å². The second-order valence-corrected chi connectivity index (χ2v) is 6.15. The Morgan fingerprint density at radius 3 is 1.59 bits per heavy atom. The van der Waals surface area contributed by atoms with Gasteiger partial charge < -0.3 is 30.2 Å². The molecule has 6 nitrogen and oxygen atoms in total. The van der Waals surface area contributed by atoms with Crippen LogP contribution >= 0.6 is 0 Å². The minimum Gasteiger partial charge on any atom is -0.503 e. The van der Waals surface area contributed by atoms with Gasteiger partial charge in [0.25, 0.3) is 0 Å². The summed E-state index contributed by atoms with van der Waals surface area (Å²) in [6, 6.07) is 3.58. The van der Waals surface area contributed by atoms with Crippen LogP contribution in [0.1, 0.15) is 25.7 Å². The Kier molecular flexibility index (Phi) is 4.31. The summed E-state index contributed by atoms with van der Waals surface area (Å²) in [5.74, 6) is -0.275. The highest BCUT2D eigenvalue weighted by atomic mass is 16.3. The number of phenolic OH excluding ortho intramolecular Hbond substituents is 2. The van der Waals surface area contributed by atoms with Crippen molar-refractivity contribution in [3.8, 4) is 11.5 Å². The molecule has 4 N–H and O–H groups in total. The fraction of sp³-hybridized carbons (Fsp3) is 0.625. The van der Waals surface area contributed by atoms with Crippen LogP contribution in [0.2, 0.25) is 0 Å². The Morgan fingerprint density at radius 1 is 0.818 bits per heavy atom. The van der Waals surface area contributed by atoms with Crippen molar-refractivity contribution in [2.45, 2.75) is 37.8 Å². The molecule has 2 saturated heterocycles. The first-order chi connectivity index (χ1) is 10.7. The minimum absolute atomic E-state index is 0.00636. The van der Waals surface area contributed by atoms with Gasteiger partial charge in [-0.3, -0.25) is 0 Å². The average Bonchev–Trinajstić information content (AvgIpc) is 3.18. The molecule has 0 amide bonds. The summed E-state index contributed by atoms with van der Waals surface area (Å²) in [5, 5.41) is 39.7. The monoisotopic (exact) mass is 308 g/mol. The van der Waals surface area contributed by atoms with Gasteiger partial charge in [0.1, 0.15) is 0 Å². The van der Waals surface area contributed by atoms with Crippen molar-refractivity contribution in [1.29, 1.82) is 0 Å². The van der Waals surface area contributed by atoms with E-state index in [1.54, 1.807) is 12.1 Å². The van der Waals surface area contributed by atoms with Gasteiger partial charge in [-0.2, -0.15) is 0 Å². The number of aliphatic hydroxyl groups excluding tert-OH is 2. The van der Waals surface area contributed by atoms with Crippen molar-refractivity contribution in [2.75, 3.05) is 36.1 Å². The normalized spacial score (nSPS) is 25.2. The van der Waals surface area contributed by atoms with Crippen LogP contribution in [0.25, 0.3) is 0 Å². The van der Waals surface area contributed by atoms with Crippen molar-refractivity contribution in [2.24, 2.45) is 0 Å². The third kappa shape index (κ3) is 2.46. The molecule has 1 aromatic carbocycles. The largest absolute Gasteiger partial charge is 0.503 e. The Hall–Kier alpha value is -1.66. The molecule has 2 fully saturated rings. The standard InChI is InChI=1S/C16H24N2O4/c19-9-11-3-1-7-17(11)13-5-6-14(16(22)15(13)21)18-8-2-4-12(18)10-20/h5-6,11-12,19-22H,1-4,7-10H2/t11-,12-/m0/s1. The predicted octanol–water partition coefficient (Wildman–Crippen LogP) is 1.02. The lowest BCUT2D eigenvalue weighted by Gasteiger charge is -2.30. The molecule has 0 spiro atoms. The number of rotatable bonds is 4. The van der Waals surface area contributed by atoms with Gasteiger partial charge in [0.2, 0.25) is 0 Å². The highest BCUT2D eigenvalue weighted by Crippen LogP contribution is 2.46. The molecule has 0 aliphatic carbocycles. The van der Waals surface area contributed by atoms with Gasteiger partial charge in [-0.05, 0) is 37.8 Å². The van der Waals surface area contributed by atoms with Crippen molar-refractivity contribution >= 4 is 11.4 Å². The molecule has 0 unspecified atom stereocenters. The third-order valence-electron chi connectivity index (χ3n) is 4.90. The molecule has 0 aromatic heterocycles. The molecule has 1 aromatic rings. The van der Waals surface area contributed by atoms with Crippen molar-refractivity contribution in [3.05, 3.63) is 12.1 Å². The maximum Gasteiger partial charge on any atom is 0.183 e. The molecule has 2 aliphatic heterocycles. The molecule has 0 saturated carbocycles. The lowest BCUT2D eigenvalue weighted by atomic mass is 10.1. The van der Waals surface area contributed by atoms with Crippen molar-refractivity contribution in [3.63, 3.8) is 0 Å².